The molecule has 0 spiro atoms. The van der Waals surface area contributed by atoms with Crippen molar-refractivity contribution in [3.8, 4) is 11.8 Å². The Morgan fingerprint density at radius 1 is 1.15 bits per heavy atom. The third-order valence-corrected chi connectivity index (χ3v) is 5.69. The van der Waals surface area contributed by atoms with E-state index in [0.29, 0.717) is 39.5 Å². The largest absolute Gasteiger partial charge is 0.268 e. The molecule has 0 aliphatic rings. The topological polar surface area (TPSA) is 119 Å². The van der Waals surface area contributed by atoms with Gasteiger partial charge in [0.05, 0.1) is 34.0 Å². The quantitative estimate of drug-likeness (QED) is 0.384. The van der Waals surface area contributed by atoms with Gasteiger partial charge in [-0.3, -0.25) is 9.36 Å². The lowest BCUT2D eigenvalue weighted by atomic mass is 10.2. The zero-order valence-electron chi connectivity index (χ0n) is 14.2. The number of fused-ring (bicyclic) bond motifs is 1. The van der Waals surface area contributed by atoms with E-state index >= 15 is 0 Å². The van der Waals surface area contributed by atoms with Crippen molar-refractivity contribution in [3.05, 3.63) is 64.4 Å². The molecule has 7 nitrogen and oxygen atoms in total. The molecule has 0 radical (unpaired) electrons. The van der Waals surface area contributed by atoms with Gasteiger partial charge in [0, 0.05) is 5.75 Å². The summed E-state index contributed by atoms with van der Waals surface area (Å²) in [4.78, 5) is 17.6. The molecular weight excluding hydrogens is 384 g/mol. The van der Waals surface area contributed by atoms with Crippen LogP contribution < -0.4 is 10.7 Å². The van der Waals surface area contributed by atoms with E-state index in [1.165, 1.54) is 16.3 Å². The molecule has 1 aromatic heterocycles. The van der Waals surface area contributed by atoms with Gasteiger partial charge in [0.2, 0.25) is 10.0 Å². The van der Waals surface area contributed by atoms with E-state index in [1.807, 2.05) is 6.07 Å². The van der Waals surface area contributed by atoms with E-state index in [2.05, 4.69) is 4.98 Å². The summed E-state index contributed by atoms with van der Waals surface area (Å²) in [5.74, 6) is 0.312. The van der Waals surface area contributed by atoms with Crippen LogP contribution in [-0.2, 0) is 10.0 Å². The van der Waals surface area contributed by atoms with Crippen LogP contribution in [0.3, 0.4) is 0 Å². The van der Waals surface area contributed by atoms with Crippen LogP contribution >= 0.6 is 11.8 Å². The Bertz CT molecular complexity index is 1180. The fraction of sp³-hybridized carbons (Fsp3) is 0.167. The number of nitrogens with zero attached hydrogens (tertiary/aromatic N) is 3. The Hall–Kier alpha value is -2.67. The number of rotatable bonds is 6. The predicted molar refractivity (Wildman–Crippen MR) is 105 cm³/mol. The number of nitriles is 1. The fourth-order valence-corrected chi connectivity index (χ4v) is 4.23. The first-order valence-electron chi connectivity index (χ1n) is 8.04. The van der Waals surface area contributed by atoms with Crippen molar-refractivity contribution in [1.29, 1.82) is 5.26 Å². The van der Waals surface area contributed by atoms with Crippen LogP contribution in [-0.4, -0.2) is 29.5 Å². The first kappa shape index (κ1) is 19.1. The Balaban J connectivity index is 2.04. The molecule has 0 saturated carbocycles. The average molecular weight is 400 g/mol. The number of benzene rings is 2. The van der Waals surface area contributed by atoms with Crippen molar-refractivity contribution in [2.24, 2.45) is 5.14 Å². The number of para-hydroxylation sites is 1. The highest BCUT2D eigenvalue weighted by atomic mass is 32.2. The molecule has 0 atom stereocenters. The van der Waals surface area contributed by atoms with Crippen molar-refractivity contribution in [2.75, 3.05) is 11.5 Å². The van der Waals surface area contributed by atoms with E-state index in [4.69, 9.17) is 10.4 Å². The van der Waals surface area contributed by atoms with E-state index in [0.717, 1.165) is 0 Å². The minimum atomic E-state index is -3.52. The molecule has 2 N–H and O–H groups in total. The molecule has 0 aliphatic carbocycles. The molecule has 0 fully saturated rings. The van der Waals surface area contributed by atoms with Crippen LogP contribution in [0.5, 0.6) is 0 Å². The van der Waals surface area contributed by atoms with Gasteiger partial charge in [-0.15, -0.1) is 0 Å². The van der Waals surface area contributed by atoms with Gasteiger partial charge in [-0.1, -0.05) is 23.9 Å². The van der Waals surface area contributed by atoms with Crippen molar-refractivity contribution >= 4 is 32.7 Å². The number of sulfonamides is 1. The second kappa shape index (κ2) is 7.92. The minimum absolute atomic E-state index is 0.130. The number of hydrogen-bond acceptors (Lipinski definition) is 6. The molecular formula is C18H16N4O3S2. The van der Waals surface area contributed by atoms with Gasteiger partial charge in [-0.05, 0) is 42.8 Å². The molecule has 0 aliphatic heterocycles. The number of hydrogen-bond donors (Lipinski definition) is 1. The van der Waals surface area contributed by atoms with Gasteiger partial charge in [0.1, 0.15) is 0 Å². The smallest absolute Gasteiger partial charge is 0.266 e. The molecule has 0 saturated heterocycles. The van der Waals surface area contributed by atoms with E-state index in [-0.39, 0.29) is 11.3 Å². The molecule has 2 aromatic carbocycles. The summed E-state index contributed by atoms with van der Waals surface area (Å²) in [6.07, 6.45) is 0.347. The Kier molecular flexibility index (Phi) is 5.60. The van der Waals surface area contributed by atoms with Gasteiger partial charge < -0.3 is 0 Å². The van der Waals surface area contributed by atoms with Crippen molar-refractivity contribution in [1.82, 2.24) is 9.55 Å². The molecule has 0 bridgehead atoms. The lowest BCUT2D eigenvalue weighted by molar-refractivity contribution is 0.596. The lowest BCUT2D eigenvalue weighted by Gasteiger charge is -2.13. The molecule has 9 heteroatoms. The molecule has 0 amide bonds. The SMILES string of the molecule is N#Cc1ccc(-n2c(SCCCS(N)(=O)=O)nc3ccccc3c2=O)cc1. The van der Waals surface area contributed by atoms with Gasteiger partial charge in [0.15, 0.2) is 5.16 Å². The maximum Gasteiger partial charge on any atom is 0.266 e. The van der Waals surface area contributed by atoms with Crippen LogP contribution in [0.2, 0.25) is 0 Å². The number of aromatic nitrogens is 2. The number of thioether (sulfide) groups is 1. The van der Waals surface area contributed by atoms with Crippen molar-refractivity contribution in [3.63, 3.8) is 0 Å². The van der Waals surface area contributed by atoms with Crippen LogP contribution in [0.4, 0.5) is 0 Å². The molecule has 0 unspecified atom stereocenters. The molecule has 3 aromatic rings. The first-order chi connectivity index (χ1) is 12.9. The molecule has 27 heavy (non-hydrogen) atoms. The van der Waals surface area contributed by atoms with Gasteiger partial charge >= 0.3 is 0 Å². The summed E-state index contributed by atoms with van der Waals surface area (Å²) in [6, 6.07) is 15.7. The van der Waals surface area contributed by atoms with E-state index in [1.54, 1.807) is 48.5 Å². The normalized spacial score (nSPS) is 11.4. The summed E-state index contributed by atoms with van der Waals surface area (Å²) < 4.78 is 23.7. The molecule has 3 rings (SSSR count). The van der Waals surface area contributed by atoms with Gasteiger partial charge in [-0.25, -0.2) is 18.5 Å². The zero-order chi connectivity index (χ0) is 19.4. The second-order valence-corrected chi connectivity index (χ2v) is 8.58. The lowest BCUT2D eigenvalue weighted by Crippen LogP contribution is -2.22. The summed E-state index contributed by atoms with van der Waals surface area (Å²) in [5.41, 5.74) is 1.43. The predicted octanol–water partition coefficient (Wildman–Crippen LogP) is 2.03. The van der Waals surface area contributed by atoms with Crippen LogP contribution in [0.25, 0.3) is 16.6 Å². The minimum Gasteiger partial charge on any atom is -0.268 e. The summed E-state index contributed by atoms with van der Waals surface area (Å²) in [6.45, 7) is 0. The first-order valence-corrected chi connectivity index (χ1v) is 10.7. The highest BCUT2D eigenvalue weighted by Crippen LogP contribution is 2.22. The maximum atomic E-state index is 13.0. The number of nitrogens with two attached hydrogens (primary N) is 1. The number of primary sulfonamides is 1. The molecule has 138 valence electrons. The highest BCUT2D eigenvalue weighted by Gasteiger charge is 2.13. The fourth-order valence-electron chi connectivity index (χ4n) is 2.55. The van der Waals surface area contributed by atoms with E-state index in [9.17, 15) is 13.2 Å². The van der Waals surface area contributed by atoms with Crippen LogP contribution in [0.15, 0.2) is 58.5 Å². The Morgan fingerprint density at radius 3 is 2.52 bits per heavy atom. The maximum absolute atomic E-state index is 13.0. The van der Waals surface area contributed by atoms with E-state index < -0.39 is 10.0 Å². The summed E-state index contributed by atoms with van der Waals surface area (Å²) in [7, 11) is -3.52. The zero-order valence-corrected chi connectivity index (χ0v) is 15.8. The van der Waals surface area contributed by atoms with Gasteiger partial charge in [0.25, 0.3) is 5.56 Å². The standard InChI is InChI=1S/C18H16N4O3S2/c19-12-13-6-8-14(9-7-13)22-17(23)15-4-1-2-5-16(15)21-18(22)26-10-3-11-27(20,24)25/h1-2,4-9H,3,10-11H2,(H2,20,24,25). The van der Waals surface area contributed by atoms with Crippen LogP contribution in [0, 0.1) is 11.3 Å². The second-order valence-electron chi connectivity index (χ2n) is 5.78. The monoisotopic (exact) mass is 400 g/mol. The average Bonchev–Trinajstić information content (AvgIpc) is 2.65. The van der Waals surface area contributed by atoms with Crippen molar-refractivity contribution in [2.45, 2.75) is 11.6 Å². The summed E-state index contributed by atoms with van der Waals surface area (Å²) in [5, 5.41) is 14.9. The highest BCUT2D eigenvalue weighted by molar-refractivity contribution is 7.99. The Morgan fingerprint density at radius 2 is 1.85 bits per heavy atom. The molecule has 1 heterocycles. The third kappa shape index (κ3) is 4.54. The van der Waals surface area contributed by atoms with Crippen molar-refractivity contribution < 1.29 is 8.42 Å². The van der Waals surface area contributed by atoms with Gasteiger partial charge in [-0.2, -0.15) is 5.26 Å². The Labute approximate surface area is 160 Å². The van der Waals surface area contributed by atoms with Crippen LogP contribution in [0.1, 0.15) is 12.0 Å². The third-order valence-electron chi connectivity index (χ3n) is 3.80. The summed E-state index contributed by atoms with van der Waals surface area (Å²) >= 11 is 1.29.